The van der Waals surface area contributed by atoms with E-state index in [2.05, 4.69) is 12.1 Å². The van der Waals surface area contributed by atoms with Gasteiger partial charge in [0.25, 0.3) is 0 Å². The Bertz CT molecular complexity index is 873. The minimum atomic E-state index is -0.420. The Morgan fingerprint density at radius 2 is 1.45 bits per heavy atom. The first-order valence-electron chi connectivity index (χ1n) is 11.1. The predicted octanol–water partition coefficient (Wildman–Crippen LogP) is 4.46. The zero-order valence-corrected chi connectivity index (χ0v) is 18.2. The smallest absolute Gasteiger partial charge is 0.410 e. The summed E-state index contributed by atoms with van der Waals surface area (Å²) in [5.41, 5.74) is 1.68. The molecule has 0 saturated carbocycles. The molecule has 164 valence electrons. The van der Waals surface area contributed by atoms with E-state index in [4.69, 9.17) is 4.74 Å². The molecule has 2 heterocycles. The minimum Gasteiger partial charge on any atom is -0.445 e. The summed E-state index contributed by atoms with van der Waals surface area (Å²) < 4.78 is 5.53. The number of benzene rings is 2. The number of hydrogen-bond acceptors (Lipinski definition) is 3. The molecule has 0 unspecified atom stereocenters. The maximum absolute atomic E-state index is 13.2. The van der Waals surface area contributed by atoms with Gasteiger partial charge in [0.15, 0.2) is 0 Å². The van der Waals surface area contributed by atoms with Gasteiger partial charge in [-0.2, -0.15) is 0 Å². The number of carbonyl (C=O) groups is 2. The lowest BCUT2D eigenvalue weighted by Gasteiger charge is -2.48. The Labute approximate surface area is 184 Å². The van der Waals surface area contributed by atoms with Crippen LogP contribution < -0.4 is 0 Å². The molecule has 0 atom stereocenters. The van der Waals surface area contributed by atoms with E-state index in [1.807, 2.05) is 65.4 Å². The molecule has 4 rings (SSSR count). The van der Waals surface area contributed by atoms with Crippen LogP contribution in [0.2, 0.25) is 0 Å². The van der Waals surface area contributed by atoms with Crippen molar-refractivity contribution in [2.75, 3.05) is 33.2 Å². The second-order valence-corrected chi connectivity index (χ2v) is 8.46. The summed E-state index contributed by atoms with van der Waals surface area (Å²) in [6.07, 6.45) is 3.22. The Morgan fingerprint density at radius 1 is 0.871 bits per heavy atom. The van der Waals surface area contributed by atoms with E-state index >= 15 is 0 Å². The first-order valence-corrected chi connectivity index (χ1v) is 11.1. The first kappa shape index (κ1) is 21.2. The van der Waals surface area contributed by atoms with Crippen molar-refractivity contribution in [1.82, 2.24) is 14.7 Å². The molecule has 0 bridgehead atoms. The summed E-state index contributed by atoms with van der Waals surface area (Å²) in [6, 6.07) is 20.0. The number of likely N-dealkylation sites (tertiary alicyclic amines) is 2. The predicted molar refractivity (Wildman–Crippen MR) is 120 cm³/mol. The average Bonchev–Trinajstić information content (AvgIpc) is 3.38. The van der Waals surface area contributed by atoms with Crippen LogP contribution in [0.5, 0.6) is 0 Å². The van der Waals surface area contributed by atoms with Gasteiger partial charge < -0.3 is 19.4 Å². The molecule has 2 fully saturated rings. The number of ether oxygens (including phenoxy) is 1. The highest BCUT2D eigenvalue weighted by Crippen LogP contribution is 2.39. The van der Waals surface area contributed by atoms with Crippen molar-refractivity contribution in [2.45, 2.75) is 37.8 Å². The molecule has 2 aromatic rings. The number of amides is 3. The van der Waals surface area contributed by atoms with Crippen molar-refractivity contribution in [2.24, 2.45) is 0 Å². The molecule has 0 aliphatic carbocycles. The van der Waals surface area contributed by atoms with E-state index in [1.54, 1.807) is 4.90 Å². The second-order valence-electron chi connectivity index (χ2n) is 8.46. The Morgan fingerprint density at radius 3 is 2.06 bits per heavy atom. The highest BCUT2D eigenvalue weighted by atomic mass is 16.6. The molecule has 0 N–H and O–H groups in total. The zero-order chi connectivity index (χ0) is 21.7. The van der Waals surface area contributed by atoms with Crippen LogP contribution in [0.15, 0.2) is 60.7 Å². The molecular formula is C25H31N3O3. The van der Waals surface area contributed by atoms with Crippen LogP contribution in [0.1, 0.15) is 36.8 Å². The fraction of sp³-hybridized carbons (Fsp3) is 0.440. The maximum atomic E-state index is 13.2. The van der Waals surface area contributed by atoms with Gasteiger partial charge in [-0.05, 0) is 36.8 Å². The molecule has 6 heteroatoms. The monoisotopic (exact) mass is 421 g/mol. The van der Waals surface area contributed by atoms with Crippen molar-refractivity contribution in [3.05, 3.63) is 71.8 Å². The lowest BCUT2D eigenvalue weighted by Crippen LogP contribution is -2.57. The van der Waals surface area contributed by atoms with Crippen LogP contribution in [0.25, 0.3) is 0 Å². The Kier molecular flexibility index (Phi) is 6.44. The fourth-order valence-electron chi connectivity index (χ4n) is 4.74. The topological polar surface area (TPSA) is 53.1 Å². The molecule has 31 heavy (non-hydrogen) atoms. The molecular weight excluding hydrogens is 390 g/mol. The lowest BCUT2D eigenvalue weighted by atomic mass is 9.79. The molecule has 0 aromatic heterocycles. The van der Waals surface area contributed by atoms with Crippen LogP contribution in [0.3, 0.4) is 0 Å². The summed E-state index contributed by atoms with van der Waals surface area (Å²) in [7, 11) is 1.91. The molecule has 2 aliphatic heterocycles. The number of hydrogen-bond donors (Lipinski definition) is 0. The van der Waals surface area contributed by atoms with Crippen molar-refractivity contribution >= 4 is 12.1 Å². The number of piperidine rings is 1. The largest absolute Gasteiger partial charge is 0.445 e. The van der Waals surface area contributed by atoms with Crippen molar-refractivity contribution < 1.29 is 14.3 Å². The summed E-state index contributed by atoms with van der Waals surface area (Å²) in [4.78, 5) is 31.5. The van der Waals surface area contributed by atoms with Crippen LogP contribution in [0, 0.1) is 0 Å². The fourth-order valence-corrected chi connectivity index (χ4v) is 4.74. The van der Waals surface area contributed by atoms with E-state index in [0.717, 1.165) is 37.1 Å². The van der Waals surface area contributed by atoms with Gasteiger partial charge in [0.05, 0.1) is 5.54 Å². The van der Waals surface area contributed by atoms with E-state index in [0.29, 0.717) is 25.9 Å². The van der Waals surface area contributed by atoms with Crippen molar-refractivity contribution in [1.29, 1.82) is 0 Å². The van der Waals surface area contributed by atoms with Crippen LogP contribution in [-0.4, -0.2) is 60.1 Å². The second kappa shape index (κ2) is 9.41. The van der Waals surface area contributed by atoms with Gasteiger partial charge in [-0.25, -0.2) is 9.59 Å². The third-order valence-electron chi connectivity index (χ3n) is 6.67. The molecule has 2 saturated heterocycles. The Hall–Kier alpha value is -3.02. The normalized spacial score (nSPS) is 18.0. The highest BCUT2D eigenvalue weighted by Gasteiger charge is 2.44. The van der Waals surface area contributed by atoms with Gasteiger partial charge in [-0.1, -0.05) is 60.7 Å². The standard InChI is InChI=1S/C25H31N3O3/c1-26(23(29)27-16-8-9-17-27)25(22-12-6-3-7-13-22)14-18-28(19-15-25)24(30)31-20-21-10-4-2-5-11-21/h2-7,10-13H,8-9,14-20H2,1H3. The molecule has 2 aromatic carbocycles. The molecule has 2 aliphatic rings. The number of carbonyl (C=O) groups excluding carboxylic acids is 2. The van der Waals surface area contributed by atoms with Crippen LogP contribution in [0.4, 0.5) is 9.59 Å². The summed E-state index contributed by atoms with van der Waals surface area (Å²) in [5.74, 6) is 0. The number of nitrogens with zero attached hydrogens (tertiary/aromatic N) is 3. The van der Waals surface area contributed by atoms with Gasteiger partial charge in [0, 0.05) is 33.2 Å². The van der Waals surface area contributed by atoms with E-state index in [9.17, 15) is 9.59 Å². The Balaban J connectivity index is 1.45. The molecule has 6 nitrogen and oxygen atoms in total. The van der Waals surface area contributed by atoms with Crippen LogP contribution >= 0.6 is 0 Å². The quantitative estimate of drug-likeness (QED) is 0.732. The van der Waals surface area contributed by atoms with Gasteiger partial charge in [0.2, 0.25) is 0 Å². The zero-order valence-electron chi connectivity index (χ0n) is 18.2. The first-order chi connectivity index (χ1) is 15.1. The minimum absolute atomic E-state index is 0.0847. The molecule has 0 radical (unpaired) electrons. The van der Waals surface area contributed by atoms with E-state index < -0.39 is 5.54 Å². The average molecular weight is 422 g/mol. The number of urea groups is 1. The molecule has 0 spiro atoms. The molecule has 3 amide bonds. The van der Waals surface area contributed by atoms with Gasteiger partial charge in [-0.3, -0.25) is 0 Å². The van der Waals surface area contributed by atoms with Crippen molar-refractivity contribution in [3.8, 4) is 0 Å². The summed E-state index contributed by atoms with van der Waals surface area (Å²) >= 11 is 0. The maximum Gasteiger partial charge on any atom is 0.410 e. The third-order valence-corrected chi connectivity index (χ3v) is 6.67. The van der Waals surface area contributed by atoms with Gasteiger partial charge in [-0.15, -0.1) is 0 Å². The summed E-state index contributed by atoms with van der Waals surface area (Å²) in [5, 5.41) is 0. The highest BCUT2D eigenvalue weighted by molar-refractivity contribution is 5.76. The van der Waals surface area contributed by atoms with Crippen LogP contribution in [-0.2, 0) is 16.9 Å². The summed E-state index contributed by atoms with van der Waals surface area (Å²) in [6.45, 7) is 3.03. The van der Waals surface area contributed by atoms with E-state index in [-0.39, 0.29) is 18.7 Å². The van der Waals surface area contributed by atoms with E-state index in [1.165, 1.54) is 0 Å². The van der Waals surface area contributed by atoms with Gasteiger partial charge in [0.1, 0.15) is 6.61 Å². The van der Waals surface area contributed by atoms with Gasteiger partial charge >= 0.3 is 12.1 Å². The third kappa shape index (κ3) is 4.53. The SMILES string of the molecule is CN(C(=O)N1CCCC1)C1(c2ccccc2)CCN(C(=O)OCc2ccccc2)CC1. The lowest BCUT2D eigenvalue weighted by molar-refractivity contribution is 0.0352. The van der Waals surface area contributed by atoms with Crippen molar-refractivity contribution in [3.63, 3.8) is 0 Å². The number of rotatable bonds is 4.